The molecule has 3 nitrogen and oxygen atoms in total. The molecule has 14 heavy (non-hydrogen) atoms. The predicted octanol–water partition coefficient (Wildman–Crippen LogP) is 1.28. The Labute approximate surface area is 78.6 Å². The van der Waals surface area contributed by atoms with Crippen LogP contribution in [0.2, 0.25) is 0 Å². The molecule has 0 saturated heterocycles. The Kier molecular flexibility index (Phi) is 3.14. The Morgan fingerprint density at radius 2 is 1.79 bits per heavy atom. The fourth-order valence-electron chi connectivity index (χ4n) is 0.964. The highest BCUT2D eigenvalue weighted by atomic mass is 19.1. The number of aliphatic hydroxyl groups is 1. The zero-order valence-electron chi connectivity index (χ0n) is 7.02. The van der Waals surface area contributed by atoms with Crippen molar-refractivity contribution in [3.63, 3.8) is 0 Å². The zero-order valence-corrected chi connectivity index (χ0v) is 7.02. The van der Waals surface area contributed by atoms with Gasteiger partial charge in [-0.05, 0) is 17.7 Å². The Balaban J connectivity index is 2.84. The largest absolute Gasteiger partial charge is 0.479 e. The molecule has 0 aromatic heterocycles. The topological polar surface area (TPSA) is 57.5 Å². The lowest BCUT2D eigenvalue weighted by Gasteiger charge is -2.11. The normalized spacial score (nSPS) is 14.8. The summed E-state index contributed by atoms with van der Waals surface area (Å²) in [6.45, 7) is 0. The van der Waals surface area contributed by atoms with Crippen molar-refractivity contribution in [2.24, 2.45) is 0 Å². The fourth-order valence-corrected chi connectivity index (χ4v) is 0.964. The molecule has 2 unspecified atom stereocenters. The van der Waals surface area contributed by atoms with Crippen molar-refractivity contribution < 1.29 is 23.8 Å². The molecule has 2 atom stereocenters. The molecule has 0 heterocycles. The molecule has 0 aliphatic carbocycles. The van der Waals surface area contributed by atoms with Gasteiger partial charge in [-0.25, -0.2) is 13.6 Å². The molecular formula is C9H8F2O3. The number of carboxylic acid groups (broad SMARTS) is 1. The van der Waals surface area contributed by atoms with Gasteiger partial charge in [-0.2, -0.15) is 0 Å². The van der Waals surface area contributed by atoms with Gasteiger partial charge in [0, 0.05) is 0 Å². The Bertz CT molecular complexity index is 323. The lowest BCUT2D eigenvalue weighted by atomic mass is 10.1. The van der Waals surface area contributed by atoms with Crippen LogP contribution in [0, 0.1) is 5.82 Å². The first-order chi connectivity index (χ1) is 6.52. The molecule has 76 valence electrons. The minimum Gasteiger partial charge on any atom is -0.479 e. The average molecular weight is 202 g/mol. The van der Waals surface area contributed by atoms with Crippen molar-refractivity contribution in [2.45, 2.75) is 12.3 Å². The van der Waals surface area contributed by atoms with Crippen LogP contribution in [-0.2, 0) is 4.79 Å². The van der Waals surface area contributed by atoms with E-state index < -0.39 is 24.1 Å². The van der Waals surface area contributed by atoms with Crippen LogP contribution >= 0.6 is 0 Å². The van der Waals surface area contributed by atoms with Gasteiger partial charge in [-0.1, -0.05) is 12.1 Å². The number of hydrogen-bond acceptors (Lipinski definition) is 2. The molecule has 2 N–H and O–H groups in total. The van der Waals surface area contributed by atoms with E-state index in [-0.39, 0.29) is 5.56 Å². The second kappa shape index (κ2) is 4.15. The van der Waals surface area contributed by atoms with Gasteiger partial charge in [-0.3, -0.25) is 0 Å². The quantitative estimate of drug-likeness (QED) is 0.776. The number of benzene rings is 1. The zero-order chi connectivity index (χ0) is 10.7. The van der Waals surface area contributed by atoms with E-state index in [4.69, 9.17) is 5.11 Å². The summed E-state index contributed by atoms with van der Waals surface area (Å²) in [4.78, 5) is 10.2. The summed E-state index contributed by atoms with van der Waals surface area (Å²) in [6.07, 6.45) is -4.17. The van der Waals surface area contributed by atoms with Gasteiger partial charge < -0.3 is 10.2 Å². The number of alkyl halides is 1. The van der Waals surface area contributed by atoms with Crippen molar-refractivity contribution in [3.05, 3.63) is 35.6 Å². The highest BCUT2D eigenvalue weighted by molar-refractivity contribution is 5.73. The number of halogens is 2. The molecule has 0 saturated carbocycles. The number of hydrogen-bond donors (Lipinski definition) is 2. The summed E-state index contributed by atoms with van der Waals surface area (Å²) in [6, 6.07) is 4.31. The third-order valence-electron chi connectivity index (χ3n) is 1.72. The van der Waals surface area contributed by atoms with E-state index in [1.54, 1.807) is 0 Å². The molecule has 0 amide bonds. The van der Waals surface area contributed by atoms with E-state index in [9.17, 15) is 18.7 Å². The lowest BCUT2D eigenvalue weighted by molar-refractivity contribution is -0.147. The number of aliphatic carboxylic acids is 1. The van der Waals surface area contributed by atoms with Gasteiger partial charge in [0.05, 0.1) is 0 Å². The monoisotopic (exact) mass is 202 g/mol. The number of carboxylic acids is 1. The molecule has 0 bridgehead atoms. The maximum Gasteiger partial charge on any atom is 0.341 e. The minimum absolute atomic E-state index is 0.0290. The standard InChI is InChI=1S/C9H8F2O3/c10-6-3-1-5(2-4-6)8(12)7(11)9(13)14/h1-4,7-8,12H,(H,13,14). The van der Waals surface area contributed by atoms with E-state index in [1.807, 2.05) is 0 Å². The van der Waals surface area contributed by atoms with Crippen LogP contribution in [0.4, 0.5) is 8.78 Å². The Morgan fingerprint density at radius 1 is 1.29 bits per heavy atom. The molecule has 0 aliphatic heterocycles. The van der Waals surface area contributed by atoms with Crippen molar-refractivity contribution in [3.8, 4) is 0 Å². The summed E-state index contributed by atoms with van der Waals surface area (Å²) in [5, 5.41) is 17.4. The maximum atomic E-state index is 12.8. The molecule has 1 aromatic carbocycles. The van der Waals surface area contributed by atoms with Gasteiger partial charge in [0.2, 0.25) is 6.17 Å². The third-order valence-corrected chi connectivity index (χ3v) is 1.72. The van der Waals surface area contributed by atoms with E-state index in [0.717, 1.165) is 24.3 Å². The van der Waals surface area contributed by atoms with Crippen molar-refractivity contribution in [2.75, 3.05) is 0 Å². The highest BCUT2D eigenvalue weighted by Gasteiger charge is 2.26. The van der Waals surface area contributed by atoms with Crippen LogP contribution in [0.3, 0.4) is 0 Å². The van der Waals surface area contributed by atoms with Crippen molar-refractivity contribution in [1.29, 1.82) is 0 Å². The summed E-state index contributed by atoms with van der Waals surface area (Å²) in [7, 11) is 0. The molecule has 5 heteroatoms. The summed E-state index contributed by atoms with van der Waals surface area (Å²) >= 11 is 0. The molecule has 1 rings (SSSR count). The summed E-state index contributed by atoms with van der Waals surface area (Å²) in [5.74, 6) is -2.28. The second-order valence-corrected chi connectivity index (χ2v) is 2.74. The first kappa shape index (κ1) is 10.6. The molecule has 1 aromatic rings. The molecular weight excluding hydrogens is 194 g/mol. The second-order valence-electron chi connectivity index (χ2n) is 2.74. The van der Waals surface area contributed by atoms with E-state index in [1.165, 1.54) is 0 Å². The van der Waals surface area contributed by atoms with E-state index in [0.29, 0.717) is 0 Å². The molecule has 0 fully saturated rings. The number of carbonyl (C=O) groups is 1. The molecule has 0 spiro atoms. The van der Waals surface area contributed by atoms with E-state index in [2.05, 4.69) is 0 Å². The van der Waals surface area contributed by atoms with E-state index >= 15 is 0 Å². The van der Waals surface area contributed by atoms with Crippen LogP contribution in [0.1, 0.15) is 11.7 Å². The van der Waals surface area contributed by atoms with Gasteiger partial charge in [-0.15, -0.1) is 0 Å². The Morgan fingerprint density at radius 3 is 2.21 bits per heavy atom. The average Bonchev–Trinajstić information content (AvgIpc) is 2.16. The van der Waals surface area contributed by atoms with Crippen LogP contribution in [0.5, 0.6) is 0 Å². The lowest BCUT2D eigenvalue weighted by Crippen LogP contribution is -2.23. The summed E-state index contributed by atoms with van der Waals surface area (Å²) in [5.41, 5.74) is 0.0290. The first-order valence-corrected chi connectivity index (χ1v) is 3.83. The van der Waals surface area contributed by atoms with Gasteiger partial charge in [0.1, 0.15) is 11.9 Å². The maximum absolute atomic E-state index is 12.8. The van der Waals surface area contributed by atoms with Crippen LogP contribution in [0.15, 0.2) is 24.3 Å². The van der Waals surface area contributed by atoms with Crippen LogP contribution in [-0.4, -0.2) is 22.4 Å². The smallest absolute Gasteiger partial charge is 0.341 e. The fraction of sp³-hybridized carbons (Fsp3) is 0.222. The van der Waals surface area contributed by atoms with Gasteiger partial charge in [0.15, 0.2) is 0 Å². The van der Waals surface area contributed by atoms with Crippen LogP contribution in [0.25, 0.3) is 0 Å². The number of aliphatic hydroxyl groups excluding tert-OH is 1. The third kappa shape index (κ3) is 2.26. The first-order valence-electron chi connectivity index (χ1n) is 3.83. The van der Waals surface area contributed by atoms with Gasteiger partial charge >= 0.3 is 5.97 Å². The summed E-state index contributed by atoms with van der Waals surface area (Å²) < 4.78 is 25.2. The minimum atomic E-state index is -2.40. The predicted molar refractivity (Wildman–Crippen MR) is 43.9 cm³/mol. The number of rotatable bonds is 3. The Hall–Kier alpha value is -1.49. The van der Waals surface area contributed by atoms with Gasteiger partial charge in [0.25, 0.3) is 0 Å². The van der Waals surface area contributed by atoms with Crippen molar-refractivity contribution >= 4 is 5.97 Å². The molecule has 0 radical (unpaired) electrons. The SMILES string of the molecule is O=C(O)C(F)C(O)c1ccc(F)cc1. The molecule has 0 aliphatic rings. The van der Waals surface area contributed by atoms with Crippen LogP contribution < -0.4 is 0 Å². The highest BCUT2D eigenvalue weighted by Crippen LogP contribution is 2.19. The van der Waals surface area contributed by atoms with Crippen molar-refractivity contribution in [1.82, 2.24) is 0 Å².